The molecule has 2 fully saturated rings. The van der Waals surface area contributed by atoms with Gasteiger partial charge in [0.1, 0.15) is 11.8 Å². The number of aryl methyl sites for hydroxylation is 1. The molecular weight excluding hydrogens is 504 g/mol. The second kappa shape index (κ2) is 12.6. The summed E-state index contributed by atoms with van der Waals surface area (Å²) in [5, 5.41) is 12.0. The molecule has 1 saturated carbocycles. The summed E-state index contributed by atoms with van der Waals surface area (Å²) >= 11 is 0. The van der Waals surface area contributed by atoms with Gasteiger partial charge in [-0.05, 0) is 63.2 Å². The molecule has 3 heterocycles. The standard InChI is InChI=1S/C30H38N8O2/c1-35-15-17-37(18-16-35)13-6-14-38-27-12-11-25(36(2)29(40)22-7-4-3-5-8-22)19-26(27)33-30(38)34-28(39)23-9-10-24(20-31)32-21-23/h9-12,19,21-22H,3-8,13-18H2,1-2H3,(H,33,34,39). The Morgan fingerprint density at radius 3 is 2.55 bits per heavy atom. The number of anilines is 2. The summed E-state index contributed by atoms with van der Waals surface area (Å²) in [7, 11) is 3.99. The van der Waals surface area contributed by atoms with Gasteiger partial charge in [-0.1, -0.05) is 19.3 Å². The summed E-state index contributed by atoms with van der Waals surface area (Å²) in [4.78, 5) is 41.7. The molecule has 1 aromatic carbocycles. The van der Waals surface area contributed by atoms with Gasteiger partial charge >= 0.3 is 0 Å². The Bertz CT molecular complexity index is 1380. The molecule has 0 atom stereocenters. The van der Waals surface area contributed by atoms with E-state index in [1.54, 1.807) is 11.0 Å². The van der Waals surface area contributed by atoms with Gasteiger partial charge in [-0.25, -0.2) is 9.97 Å². The fourth-order valence-corrected chi connectivity index (χ4v) is 5.69. The number of nitrogens with zero attached hydrogens (tertiary/aromatic N) is 7. The van der Waals surface area contributed by atoms with Gasteiger partial charge in [-0.3, -0.25) is 14.9 Å². The van der Waals surface area contributed by atoms with Crippen LogP contribution in [-0.4, -0.2) is 83.0 Å². The summed E-state index contributed by atoms with van der Waals surface area (Å²) in [6.45, 7) is 5.92. The molecule has 1 aliphatic heterocycles. The molecule has 2 aromatic heterocycles. The van der Waals surface area contributed by atoms with E-state index in [-0.39, 0.29) is 23.4 Å². The first-order valence-corrected chi connectivity index (χ1v) is 14.3. The van der Waals surface area contributed by atoms with E-state index < -0.39 is 0 Å². The SMILES string of the molecule is CN1CCN(CCCn2c(NC(=O)c3ccc(C#N)nc3)nc3cc(N(C)C(=O)C4CCCCC4)ccc32)CC1. The molecule has 210 valence electrons. The number of aromatic nitrogens is 3. The van der Waals surface area contributed by atoms with E-state index in [1.807, 2.05) is 35.9 Å². The fraction of sp³-hybridized carbons (Fsp3) is 0.500. The zero-order chi connectivity index (χ0) is 28.1. The Kier molecular flexibility index (Phi) is 8.72. The Balaban J connectivity index is 1.37. The second-order valence-corrected chi connectivity index (χ2v) is 11.0. The third-order valence-corrected chi connectivity index (χ3v) is 8.22. The van der Waals surface area contributed by atoms with Gasteiger partial charge in [0.25, 0.3) is 5.91 Å². The van der Waals surface area contributed by atoms with E-state index >= 15 is 0 Å². The molecule has 10 nitrogen and oxygen atoms in total. The maximum Gasteiger partial charge on any atom is 0.259 e. The van der Waals surface area contributed by atoms with Crippen LogP contribution < -0.4 is 10.2 Å². The molecule has 2 amide bonds. The number of carbonyl (C=O) groups is 2. The number of rotatable bonds is 8. The third-order valence-electron chi connectivity index (χ3n) is 8.22. The minimum absolute atomic E-state index is 0.0810. The van der Waals surface area contributed by atoms with Crippen molar-refractivity contribution in [3.8, 4) is 6.07 Å². The fourth-order valence-electron chi connectivity index (χ4n) is 5.69. The lowest BCUT2D eigenvalue weighted by molar-refractivity contribution is -0.123. The number of pyridine rings is 1. The Hall–Kier alpha value is -3.81. The number of nitrogens with one attached hydrogen (secondary N) is 1. The van der Waals surface area contributed by atoms with Crippen LogP contribution in [-0.2, 0) is 11.3 Å². The number of likely N-dealkylation sites (N-methyl/N-ethyl adjacent to an activating group) is 1. The number of carbonyl (C=O) groups excluding carboxylic acids is 2. The predicted octanol–water partition coefficient (Wildman–Crippen LogP) is 3.74. The van der Waals surface area contributed by atoms with Crippen molar-refractivity contribution in [3.05, 3.63) is 47.8 Å². The van der Waals surface area contributed by atoms with Crippen LogP contribution in [0, 0.1) is 17.2 Å². The average molecular weight is 543 g/mol. The monoisotopic (exact) mass is 542 g/mol. The Morgan fingerprint density at radius 1 is 1.07 bits per heavy atom. The Labute approximate surface area is 235 Å². The molecule has 40 heavy (non-hydrogen) atoms. The first-order valence-electron chi connectivity index (χ1n) is 14.3. The quantitative estimate of drug-likeness (QED) is 0.462. The van der Waals surface area contributed by atoms with Gasteiger partial charge in [-0.2, -0.15) is 5.26 Å². The van der Waals surface area contributed by atoms with Crippen LogP contribution in [0.3, 0.4) is 0 Å². The van der Waals surface area contributed by atoms with E-state index in [0.29, 0.717) is 18.1 Å². The van der Waals surface area contributed by atoms with Crippen LogP contribution in [0.1, 0.15) is 54.6 Å². The van der Waals surface area contributed by atoms with Gasteiger partial charge in [-0.15, -0.1) is 0 Å². The van der Waals surface area contributed by atoms with Crippen molar-refractivity contribution in [1.82, 2.24) is 24.3 Å². The number of imidazole rings is 1. The molecule has 1 saturated heterocycles. The van der Waals surface area contributed by atoms with Gasteiger partial charge in [0.05, 0.1) is 16.6 Å². The molecule has 1 N–H and O–H groups in total. The minimum Gasteiger partial charge on any atom is -0.315 e. The highest BCUT2D eigenvalue weighted by atomic mass is 16.2. The molecule has 2 aliphatic rings. The lowest BCUT2D eigenvalue weighted by Gasteiger charge is -2.32. The summed E-state index contributed by atoms with van der Waals surface area (Å²) in [6.07, 6.45) is 7.65. The van der Waals surface area contributed by atoms with E-state index in [2.05, 4.69) is 27.1 Å². The van der Waals surface area contributed by atoms with Gasteiger partial charge in [0.15, 0.2) is 0 Å². The maximum absolute atomic E-state index is 13.2. The summed E-state index contributed by atoms with van der Waals surface area (Å²) < 4.78 is 2.05. The number of fused-ring (bicyclic) bond motifs is 1. The van der Waals surface area contributed by atoms with Crippen LogP contribution in [0.15, 0.2) is 36.5 Å². The van der Waals surface area contributed by atoms with Crippen LogP contribution in [0.5, 0.6) is 0 Å². The minimum atomic E-state index is -0.336. The van der Waals surface area contributed by atoms with Gasteiger partial charge in [0, 0.05) is 57.6 Å². The molecular formula is C30H38N8O2. The lowest BCUT2D eigenvalue weighted by atomic mass is 9.88. The summed E-state index contributed by atoms with van der Waals surface area (Å²) in [5.74, 6) is 0.364. The number of hydrogen-bond donors (Lipinski definition) is 1. The number of nitriles is 1. The molecule has 0 unspecified atom stereocenters. The first kappa shape index (κ1) is 27.7. The van der Waals surface area contributed by atoms with E-state index in [9.17, 15) is 9.59 Å². The highest BCUT2D eigenvalue weighted by Gasteiger charge is 2.25. The molecule has 5 rings (SSSR count). The smallest absolute Gasteiger partial charge is 0.259 e. The van der Waals surface area contributed by atoms with E-state index in [1.165, 1.54) is 18.7 Å². The van der Waals surface area contributed by atoms with Crippen molar-refractivity contribution in [2.45, 2.75) is 45.1 Å². The molecule has 3 aromatic rings. The summed E-state index contributed by atoms with van der Waals surface area (Å²) in [5.41, 5.74) is 3.06. The number of hydrogen-bond acceptors (Lipinski definition) is 7. The zero-order valence-electron chi connectivity index (χ0n) is 23.5. The maximum atomic E-state index is 13.2. The molecule has 1 aliphatic carbocycles. The highest BCUT2D eigenvalue weighted by molar-refractivity contribution is 6.04. The lowest BCUT2D eigenvalue weighted by Crippen LogP contribution is -2.44. The van der Waals surface area contributed by atoms with Crippen molar-refractivity contribution in [3.63, 3.8) is 0 Å². The van der Waals surface area contributed by atoms with Crippen molar-refractivity contribution >= 4 is 34.5 Å². The van der Waals surface area contributed by atoms with Gasteiger partial charge in [0.2, 0.25) is 11.9 Å². The van der Waals surface area contributed by atoms with E-state index in [4.69, 9.17) is 10.2 Å². The Morgan fingerprint density at radius 2 is 1.85 bits per heavy atom. The van der Waals surface area contributed by atoms with Crippen molar-refractivity contribution in [1.29, 1.82) is 5.26 Å². The number of amides is 2. The first-order chi connectivity index (χ1) is 19.4. The molecule has 0 radical (unpaired) electrons. The zero-order valence-corrected chi connectivity index (χ0v) is 23.5. The van der Waals surface area contributed by atoms with E-state index in [0.717, 1.165) is 81.5 Å². The third kappa shape index (κ3) is 6.32. The highest BCUT2D eigenvalue weighted by Crippen LogP contribution is 2.29. The number of piperazine rings is 1. The summed E-state index contributed by atoms with van der Waals surface area (Å²) in [6, 6.07) is 11.0. The van der Waals surface area contributed by atoms with Crippen molar-refractivity contribution in [2.24, 2.45) is 5.92 Å². The molecule has 10 heteroatoms. The number of benzene rings is 1. The van der Waals surface area contributed by atoms with Crippen molar-refractivity contribution < 1.29 is 9.59 Å². The van der Waals surface area contributed by atoms with Gasteiger partial charge < -0.3 is 19.3 Å². The van der Waals surface area contributed by atoms with Crippen LogP contribution >= 0.6 is 0 Å². The second-order valence-electron chi connectivity index (χ2n) is 11.0. The largest absolute Gasteiger partial charge is 0.315 e. The van der Waals surface area contributed by atoms with Crippen LogP contribution in [0.25, 0.3) is 11.0 Å². The van der Waals surface area contributed by atoms with Crippen molar-refractivity contribution in [2.75, 3.05) is 57.0 Å². The topological polar surface area (TPSA) is 110 Å². The molecule has 0 spiro atoms. The average Bonchev–Trinajstić information content (AvgIpc) is 3.33. The normalized spacial score (nSPS) is 17.0. The van der Waals surface area contributed by atoms with Crippen LogP contribution in [0.4, 0.5) is 11.6 Å². The van der Waals surface area contributed by atoms with Crippen LogP contribution in [0.2, 0.25) is 0 Å². The predicted molar refractivity (Wildman–Crippen MR) is 155 cm³/mol. The molecule has 0 bridgehead atoms.